The summed E-state index contributed by atoms with van der Waals surface area (Å²) >= 11 is 0. The van der Waals surface area contributed by atoms with Crippen LogP contribution in [0.25, 0.3) is 21.9 Å². The summed E-state index contributed by atoms with van der Waals surface area (Å²) in [5.74, 6) is 1.25. The normalized spacial score (nSPS) is 14.5. The highest BCUT2D eigenvalue weighted by Gasteiger charge is 2.18. The molecule has 0 unspecified atom stereocenters. The maximum atomic E-state index is 12.0. The van der Waals surface area contributed by atoms with Crippen molar-refractivity contribution in [1.82, 2.24) is 9.88 Å². The first-order valence-corrected chi connectivity index (χ1v) is 12.5. The van der Waals surface area contributed by atoms with Gasteiger partial charge in [-0.15, -0.1) is 0 Å². The third-order valence-electron chi connectivity index (χ3n) is 7.17. The Morgan fingerprint density at radius 1 is 0.944 bits per heavy atom. The van der Waals surface area contributed by atoms with E-state index in [1.165, 1.54) is 11.1 Å². The number of pyridine rings is 1. The van der Waals surface area contributed by atoms with Gasteiger partial charge in [-0.25, -0.2) is 4.79 Å². The molecular formula is C29H33N3O4. The number of fused-ring (bicyclic) bond motifs is 2. The molecule has 0 radical (unpaired) electrons. The maximum absolute atomic E-state index is 12.0. The third kappa shape index (κ3) is 4.88. The van der Waals surface area contributed by atoms with Crippen molar-refractivity contribution < 1.29 is 13.9 Å². The summed E-state index contributed by atoms with van der Waals surface area (Å²) in [6.45, 7) is 11.4. The molecule has 2 aromatic heterocycles. The molecule has 3 heterocycles. The van der Waals surface area contributed by atoms with Gasteiger partial charge in [-0.3, -0.25) is 9.88 Å². The van der Waals surface area contributed by atoms with Gasteiger partial charge in [-0.1, -0.05) is 6.07 Å². The number of aromatic nitrogens is 1. The summed E-state index contributed by atoms with van der Waals surface area (Å²) in [4.78, 5) is 21.6. The minimum atomic E-state index is -0.316. The van der Waals surface area contributed by atoms with Crippen LogP contribution in [0.2, 0.25) is 0 Å². The Labute approximate surface area is 211 Å². The van der Waals surface area contributed by atoms with Gasteiger partial charge < -0.3 is 18.8 Å². The molecule has 188 valence electrons. The predicted molar refractivity (Wildman–Crippen MR) is 144 cm³/mol. The van der Waals surface area contributed by atoms with E-state index in [0.29, 0.717) is 29.3 Å². The Bertz CT molecular complexity index is 1450. The van der Waals surface area contributed by atoms with E-state index in [1.807, 2.05) is 19.9 Å². The van der Waals surface area contributed by atoms with Crippen LogP contribution in [0.3, 0.4) is 0 Å². The van der Waals surface area contributed by atoms with Gasteiger partial charge in [0.05, 0.1) is 19.2 Å². The lowest BCUT2D eigenvalue weighted by atomic mass is 10.1. The van der Waals surface area contributed by atoms with Crippen LogP contribution in [0.1, 0.15) is 23.2 Å². The van der Waals surface area contributed by atoms with Crippen LogP contribution in [0.4, 0.5) is 5.69 Å². The van der Waals surface area contributed by atoms with Gasteiger partial charge in [-0.2, -0.15) is 0 Å². The number of benzene rings is 2. The molecule has 0 saturated carbocycles. The number of ether oxygens (including phenoxy) is 2. The van der Waals surface area contributed by atoms with Crippen molar-refractivity contribution in [2.24, 2.45) is 0 Å². The lowest BCUT2D eigenvalue weighted by Crippen LogP contribution is -2.46. The minimum absolute atomic E-state index is 0.316. The average molecular weight is 488 g/mol. The summed E-state index contributed by atoms with van der Waals surface area (Å²) < 4.78 is 17.0. The summed E-state index contributed by atoms with van der Waals surface area (Å²) in [7, 11) is 1.60. The first-order valence-electron chi connectivity index (χ1n) is 12.5. The van der Waals surface area contributed by atoms with Crippen molar-refractivity contribution in [1.29, 1.82) is 0 Å². The van der Waals surface area contributed by atoms with Gasteiger partial charge in [-0.05, 0) is 63.1 Å². The quantitative estimate of drug-likeness (QED) is 0.272. The second-order valence-corrected chi connectivity index (χ2v) is 9.50. The van der Waals surface area contributed by atoms with E-state index in [2.05, 4.69) is 45.1 Å². The van der Waals surface area contributed by atoms with Gasteiger partial charge >= 0.3 is 5.63 Å². The van der Waals surface area contributed by atoms with Crippen LogP contribution >= 0.6 is 0 Å². The molecule has 1 aliphatic rings. The number of aryl methyl sites for hydroxylation is 2. The van der Waals surface area contributed by atoms with E-state index in [9.17, 15) is 4.79 Å². The fraction of sp³-hybridized carbons (Fsp3) is 0.379. The lowest BCUT2D eigenvalue weighted by Gasteiger charge is -2.36. The molecule has 0 bridgehead atoms. The highest BCUT2D eigenvalue weighted by atomic mass is 16.5. The first-order chi connectivity index (χ1) is 17.4. The van der Waals surface area contributed by atoms with Gasteiger partial charge in [0.15, 0.2) is 11.5 Å². The molecule has 2 aromatic carbocycles. The van der Waals surface area contributed by atoms with Gasteiger partial charge in [0.1, 0.15) is 5.58 Å². The number of hydrogen-bond donors (Lipinski definition) is 0. The van der Waals surface area contributed by atoms with Crippen molar-refractivity contribution >= 4 is 27.6 Å². The molecule has 0 amide bonds. The van der Waals surface area contributed by atoms with Crippen molar-refractivity contribution in [2.45, 2.75) is 27.2 Å². The van der Waals surface area contributed by atoms with E-state index in [0.717, 1.165) is 61.3 Å². The van der Waals surface area contributed by atoms with Crippen molar-refractivity contribution in [3.05, 3.63) is 69.7 Å². The topological polar surface area (TPSA) is 68.0 Å². The first kappa shape index (κ1) is 24.1. The van der Waals surface area contributed by atoms with E-state index in [1.54, 1.807) is 20.1 Å². The molecule has 0 atom stereocenters. The molecule has 1 aliphatic heterocycles. The van der Waals surface area contributed by atoms with Crippen LogP contribution in [0.5, 0.6) is 11.5 Å². The number of anilines is 1. The SMILES string of the molecule is COc1cc2oc(=O)c(C)c(C)c2cc1OCCCN1CCN(c2ccc3nc(C)ccc3c2)CC1. The molecule has 0 aliphatic carbocycles. The standard InChI is InChI=1S/C29H33N3O4/c1-19-6-7-22-16-23(8-9-25(22)30-19)32-13-11-31(12-14-32)10-5-15-35-28-17-24-20(2)21(3)29(33)36-26(24)18-27(28)34-4/h6-9,16-18H,5,10-15H2,1-4H3. The van der Waals surface area contributed by atoms with Crippen LogP contribution in [0.15, 0.2) is 51.7 Å². The summed E-state index contributed by atoms with van der Waals surface area (Å²) in [5.41, 5.74) is 5.09. The number of piperazine rings is 1. The number of nitrogens with zero attached hydrogens (tertiary/aromatic N) is 3. The Balaban J connectivity index is 1.15. The number of hydrogen-bond acceptors (Lipinski definition) is 7. The molecule has 0 N–H and O–H groups in total. The van der Waals surface area contributed by atoms with E-state index >= 15 is 0 Å². The Hall–Kier alpha value is -3.58. The van der Waals surface area contributed by atoms with Gasteiger partial charge in [0.2, 0.25) is 0 Å². The van der Waals surface area contributed by atoms with Crippen LogP contribution in [-0.2, 0) is 0 Å². The number of methoxy groups -OCH3 is 1. The Kier molecular flexibility index (Phi) is 6.83. The molecule has 1 fully saturated rings. The fourth-order valence-electron chi connectivity index (χ4n) is 4.83. The minimum Gasteiger partial charge on any atom is -0.493 e. The van der Waals surface area contributed by atoms with E-state index < -0.39 is 0 Å². The molecule has 5 rings (SSSR count). The summed E-state index contributed by atoms with van der Waals surface area (Å²) in [6, 6.07) is 14.4. The summed E-state index contributed by atoms with van der Waals surface area (Å²) in [6.07, 6.45) is 0.921. The fourth-order valence-corrected chi connectivity index (χ4v) is 4.83. The van der Waals surface area contributed by atoms with Crippen molar-refractivity contribution in [3.8, 4) is 11.5 Å². The smallest absolute Gasteiger partial charge is 0.339 e. The molecule has 7 heteroatoms. The Morgan fingerprint density at radius 2 is 1.75 bits per heavy atom. The zero-order valence-electron chi connectivity index (χ0n) is 21.5. The van der Waals surface area contributed by atoms with Crippen molar-refractivity contribution in [3.63, 3.8) is 0 Å². The second-order valence-electron chi connectivity index (χ2n) is 9.50. The predicted octanol–water partition coefficient (Wildman–Crippen LogP) is 4.87. The monoisotopic (exact) mass is 487 g/mol. The zero-order chi connectivity index (χ0) is 25.2. The molecule has 4 aromatic rings. The van der Waals surface area contributed by atoms with Gasteiger partial charge in [0, 0.05) is 66.5 Å². The molecule has 36 heavy (non-hydrogen) atoms. The van der Waals surface area contributed by atoms with Crippen LogP contribution in [-0.4, -0.2) is 56.3 Å². The highest BCUT2D eigenvalue weighted by molar-refractivity contribution is 5.85. The van der Waals surface area contributed by atoms with Crippen molar-refractivity contribution in [2.75, 3.05) is 51.3 Å². The Morgan fingerprint density at radius 3 is 2.53 bits per heavy atom. The van der Waals surface area contributed by atoms with Crippen LogP contribution < -0.4 is 20.0 Å². The molecule has 1 saturated heterocycles. The zero-order valence-corrected chi connectivity index (χ0v) is 21.5. The molecule has 0 spiro atoms. The van der Waals surface area contributed by atoms with Crippen LogP contribution in [0, 0.1) is 20.8 Å². The van der Waals surface area contributed by atoms with Gasteiger partial charge in [0.25, 0.3) is 0 Å². The average Bonchev–Trinajstić information content (AvgIpc) is 2.89. The van der Waals surface area contributed by atoms with E-state index in [-0.39, 0.29) is 5.63 Å². The van der Waals surface area contributed by atoms with E-state index in [4.69, 9.17) is 13.9 Å². The summed E-state index contributed by atoms with van der Waals surface area (Å²) in [5, 5.41) is 2.06. The molecular weight excluding hydrogens is 454 g/mol. The maximum Gasteiger partial charge on any atom is 0.339 e. The largest absolute Gasteiger partial charge is 0.493 e. The lowest BCUT2D eigenvalue weighted by molar-refractivity contribution is 0.221. The third-order valence-corrected chi connectivity index (χ3v) is 7.17. The highest BCUT2D eigenvalue weighted by Crippen LogP contribution is 2.34. The number of rotatable bonds is 7. The second kappa shape index (κ2) is 10.2. The molecule has 7 nitrogen and oxygen atoms in total.